The van der Waals surface area contributed by atoms with Crippen LogP contribution in [0.2, 0.25) is 0 Å². The number of carboxylic acids is 1. The molecule has 0 fully saturated rings. The van der Waals surface area contributed by atoms with Crippen molar-refractivity contribution >= 4 is 21.8 Å². The topological polar surface area (TPSA) is 141 Å². The summed E-state index contributed by atoms with van der Waals surface area (Å²) in [6, 6.07) is -1.86. The lowest BCUT2D eigenvalue weighted by Gasteiger charge is -2.14. The third-order valence-corrected chi connectivity index (χ3v) is 4.43. The Morgan fingerprint density at radius 1 is 1.48 bits per heavy atom. The van der Waals surface area contributed by atoms with E-state index in [0.717, 1.165) is 0 Å². The number of hydrogen-bond donors (Lipinski definition) is 4. The number of amides is 2. The van der Waals surface area contributed by atoms with Crippen molar-refractivity contribution in [2.75, 3.05) is 18.1 Å². The summed E-state index contributed by atoms with van der Waals surface area (Å²) in [5.41, 5.74) is 0.566. The zero-order chi connectivity index (χ0) is 15.9. The van der Waals surface area contributed by atoms with Crippen LogP contribution in [0.25, 0.3) is 0 Å². The van der Waals surface area contributed by atoms with E-state index in [9.17, 15) is 18.0 Å². The molecule has 1 aromatic rings. The minimum Gasteiger partial charge on any atom is -0.480 e. The molecule has 1 rings (SSSR count). The number of rotatable bonds is 8. The second-order valence-electron chi connectivity index (χ2n) is 4.31. The van der Waals surface area contributed by atoms with Gasteiger partial charge in [0.1, 0.15) is 6.04 Å². The Kier molecular flexibility index (Phi) is 6.15. The summed E-state index contributed by atoms with van der Waals surface area (Å²) in [6.07, 6.45) is 2.92. The summed E-state index contributed by atoms with van der Waals surface area (Å²) in [5, 5.41) is 13.6. The first kappa shape index (κ1) is 17.0. The van der Waals surface area contributed by atoms with Gasteiger partial charge in [-0.2, -0.15) is 0 Å². The highest BCUT2D eigenvalue weighted by atomic mass is 32.2. The number of urea groups is 1. The van der Waals surface area contributed by atoms with Gasteiger partial charge in [0.2, 0.25) is 0 Å². The van der Waals surface area contributed by atoms with Gasteiger partial charge in [0.15, 0.2) is 9.84 Å². The second kappa shape index (κ2) is 7.62. The molecule has 2 amide bonds. The molecule has 1 heterocycles. The average molecular weight is 318 g/mol. The summed E-state index contributed by atoms with van der Waals surface area (Å²) in [4.78, 5) is 29.1. The molecule has 0 aromatic carbocycles. The number of hydrogen-bond acceptors (Lipinski definition) is 5. The van der Waals surface area contributed by atoms with Crippen molar-refractivity contribution in [3.05, 3.63) is 18.2 Å². The van der Waals surface area contributed by atoms with Crippen LogP contribution >= 0.6 is 0 Å². The number of aromatic amines is 1. The molecule has 1 aromatic heterocycles. The van der Waals surface area contributed by atoms with E-state index in [1.807, 2.05) is 0 Å². The fourth-order valence-corrected chi connectivity index (χ4v) is 2.19. The molecule has 0 radical (unpaired) electrons. The predicted octanol–water partition coefficient (Wildman–Crippen LogP) is -0.861. The van der Waals surface area contributed by atoms with E-state index in [-0.39, 0.29) is 24.5 Å². The summed E-state index contributed by atoms with van der Waals surface area (Å²) in [7, 11) is -3.17. The Bertz CT molecular complexity index is 569. The van der Waals surface area contributed by atoms with Gasteiger partial charge in [-0.1, -0.05) is 6.92 Å². The monoisotopic (exact) mass is 318 g/mol. The molecule has 21 heavy (non-hydrogen) atoms. The molecule has 0 unspecified atom stereocenters. The molecule has 4 N–H and O–H groups in total. The van der Waals surface area contributed by atoms with Gasteiger partial charge in [-0.15, -0.1) is 0 Å². The lowest BCUT2D eigenvalue weighted by Crippen LogP contribution is -2.48. The van der Waals surface area contributed by atoms with Crippen molar-refractivity contribution in [3.63, 3.8) is 0 Å². The summed E-state index contributed by atoms with van der Waals surface area (Å²) in [6.45, 7) is 1.44. The van der Waals surface area contributed by atoms with Gasteiger partial charge in [-0.05, 0) is 0 Å². The highest BCUT2D eigenvalue weighted by Crippen LogP contribution is 1.98. The number of nitrogens with zero attached hydrogens (tertiary/aromatic N) is 1. The van der Waals surface area contributed by atoms with E-state index in [2.05, 4.69) is 20.6 Å². The van der Waals surface area contributed by atoms with Gasteiger partial charge in [0.25, 0.3) is 0 Å². The van der Waals surface area contributed by atoms with E-state index in [4.69, 9.17) is 5.11 Å². The fraction of sp³-hybridized carbons (Fsp3) is 0.545. The van der Waals surface area contributed by atoms with Crippen LogP contribution in [0.5, 0.6) is 0 Å². The van der Waals surface area contributed by atoms with Crippen LogP contribution in [0.3, 0.4) is 0 Å². The van der Waals surface area contributed by atoms with Crippen molar-refractivity contribution in [2.24, 2.45) is 0 Å². The molecular weight excluding hydrogens is 300 g/mol. The first-order valence-electron chi connectivity index (χ1n) is 6.29. The maximum Gasteiger partial charge on any atom is 0.326 e. The molecule has 0 saturated heterocycles. The van der Waals surface area contributed by atoms with Gasteiger partial charge in [0.05, 0.1) is 12.1 Å². The second-order valence-corrected chi connectivity index (χ2v) is 6.78. The van der Waals surface area contributed by atoms with Crippen LogP contribution in [-0.4, -0.2) is 59.6 Å². The Balaban J connectivity index is 2.44. The smallest absolute Gasteiger partial charge is 0.326 e. The van der Waals surface area contributed by atoms with Crippen LogP contribution in [0.15, 0.2) is 12.5 Å². The van der Waals surface area contributed by atoms with E-state index < -0.39 is 27.9 Å². The number of aromatic nitrogens is 2. The Hall–Kier alpha value is -2.10. The van der Waals surface area contributed by atoms with Gasteiger partial charge < -0.3 is 20.7 Å². The molecule has 0 aliphatic heterocycles. The van der Waals surface area contributed by atoms with Crippen molar-refractivity contribution < 1.29 is 23.1 Å². The maximum atomic E-state index is 11.6. The molecule has 0 spiro atoms. The first-order valence-corrected chi connectivity index (χ1v) is 8.11. The van der Waals surface area contributed by atoms with Crippen LogP contribution in [0.1, 0.15) is 12.6 Å². The lowest BCUT2D eigenvalue weighted by atomic mass is 10.2. The van der Waals surface area contributed by atoms with Crippen LogP contribution < -0.4 is 10.6 Å². The zero-order valence-electron chi connectivity index (χ0n) is 11.5. The van der Waals surface area contributed by atoms with Crippen LogP contribution in [0.4, 0.5) is 4.79 Å². The number of H-pyrrole nitrogens is 1. The first-order chi connectivity index (χ1) is 9.84. The minimum atomic E-state index is -3.17. The van der Waals surface area contributed by atoms with E-state index in [0.29, 0.717) is 5.69 Å². The molecule has 0 aliphatic rings. The molecule has 1 atom stereocenters. The number of carbonyl (C=O) groups is 2. The summed E-state index contributed by atoms with van der Waals surface area (Å²) < 4.78 is 22.5. The summed E-state index contributed by atoms with van der Waals surface area (Å²) >= 11 is 0. The maximum absolute atomic E-state index is 11.6. The van der Waals surface area contributed by atoms with Gasteiger partial charge >= 0.3 is 12.0 Å². The van der Waals surface area contributed by atoms with Gasteiger partial charge in [-0.25, -0.2) is 23.0 Å². The van der Waals surface area contributed by atoms with E-state index in [1.54, 1.807) is 0 Å². The molecule has 0 aliphatic carbocycles. The molecule has 9 nitrogen and oxygen atoms in total. The number of carboxylic acid groups (broad SMARTS) is 1. The number of sulfone groups is 1. The quantitative estimate of drug-likeness (QED) is 0.491. The molecule has 118 valence electrons. The number of aliphatic carboxylic acids is 1. The number of imidazole rings is 1. The lowest BCUT2D eigenvalue weighted by molar-refractivity contribution is -0.139. The fourth-order valence-electron chi connectivity index (χ4n) is 1.49. The standard InChI is InChI=1S/C11H18N4O5S/c1-2-21(19,20)4-3-13-11(18)15-9(10(16)17)5-8-6-12-7-14-8/h6-7,9H,2-5H2,1H3,(H,12,14)(H,16,17)(H2,13,15,18)/t9-/m1/s1. The van der Waals surface area contributed by atoms with E-state index in [1.165, 1.54) is 19.4 Å². The average Bonchev–Trinajstić information content (AvgIpc) is 2.90. The van der Waals surface area contributed by atoms with Crippen LogP contribution in [0, 0.1) is 0 Å². The zero-order valence-corrected chi connectivity index (χ0v) is 12.3. The van der Waals surface area contributed by atoms with Gasteiger partial charge in [-0.3, -0.25) is 0 Å². The van der Waals surface area contributed by atoms with Crippen molar-refractivity contribution in [2.45, 2.75) is 19.4 Å². The SMILES string of the molecule is CCS(=O)(=O)CCNC(=O)N[C@H](Cc1cnc[nH]1)C(=O)O. The third-order valence-electron chi connectivity index (χ3n) is 2.72. The highest BCUT2D eigenvalue weighted by Gasteiger charge is 2.21. The van der Waals surface area contributed by atoms with Crippen LogP contribution in [-0.2, 0) is 21.1 Å². The summed E-state index contributed by atoms with van der Waals surface area (Å²) in [5.74, 6) is -1.38. The van der Waals surface area contributed by atoms with Crippen molar-refractivity contribution in [3.8, 4) is 0 Å². The Morgan fingerprint density at radius 2 is 2.19 bits per heavy atom. The minimum absolute atomic E-state index is 0.00608. The van der Waals surface area contributed by atoms with Crippen molar-refractivity contribution in [1.29, 1.82) is 0 Å². The molecule has 0 saturated carbocycles. The van der Waals surface area contributed by atoms with Gasteiger partial charge in [0, 0.05) is 30.6 Å². The Morgan fingerprint density at radius 3 is 2.71 bits per heavy atom. The highest BCUT2D eigenvalue weighted by molar-refractivity contribution is 7.91. The Labute approximate surface area is 122 Å². The molecular formula is C11H18N4O5S. The molecule has 0 bridgehead atoms. The third kappa shape index (κ3) is 6.25. The number of nitrogens with one attached hydrogen (secondary N) is 3. The van der Waals surface area contributed by atoms with Crippen molar-refractivity contribution in [1.82, 2.24) is 20.6 Å². The predicted molar refractivity (Wildman–Crippen MR) is 74.6 cm³/mol. The molecule has 10 heteroatoms. The number of carbonyl (C=O) groups excluding carboxylic acids is 1. The largest absolute Gasteiger partial charge is 0.480 e. The van der Waals surface area contributed by atoms with E-state index >= 15 is 0 Å². The normalized spacial score (nSPS) is 12.6.